The molecule has 106 valence electrons. The zero-order valence-corrected chi connectivity index (χ0v) is 12.3. The summed E-state index contributed by atoms with van der Waals surface area (Å²) < 4.78 is 0. The van der Waals surface area contributed by atoms with Crippen LogP contribution in [0.3, 0.4) is 0 Å². The lowest BCUT2D eigenvalue weighted by atomic mass is 10.1. The third kappa shape index (κ3) is 4.26. The number of anilines is 2. The molecule has 0 saturated carbocycles. The summed E-state index contributed by atoms with van der Waals surface area (Å²) in [5.74, 6) is 1.87. The Bertz CT molecular complexity index is 537. The lowest BCUT2D eigenvalue weighted by Crippen LogP contribution is -2.08. The Labute approximate surface area is 121 Å². The zero-order chi connectivity index (χ0) is 14.2. The number of hydrogen-bond donors (Lipinski definition) is 2. The Morgan fingerprint density at radius 1 is 0.900 bits per heavy atom. The van der Waals surface area contributed by atoms with Crippen LogP contribution in [-0.4, -0.2) is 18.1 Å². The average Bonchev–Trinajstić information content (AvgIpc) is 2.48. The third-order valence-electron chi connectivity index (χ3n) is 3.27. The van der Waals surface area contributed by atoms with Crippen LogP contribution in [0.2, 0.25) is 0 Å². The van der Waals surface area contributed by atoms with Crippen LogP contribution in [0, 0.1) is 6.92 Å². The van der Waals surface area contributed by atoms with Crippen molar-refractivity contribution in [3.63, 3.8) is 0 Å². The zero-order valence-electron chi connectivity index (χ0n) is 12.3. The number of benzene rings is 1. The highest BCUT2D eigenvalue weighted by Gasteiger charge is 1.99. The van der Waals surface area contributed by atoms with Crippen molar-refractivity contribution in [2.75, 3.05) is 23.7 Å². The summed E-state index contributed by atoms with van der Waals surface area (Å²) in [7, 11) is 0. The first-order valence-electron chi connectivity index (χ1n) is 7.29. The molecule has 0 aliphatic rings. The Morgan fingerprint density at radius 3 is 2.30 bits per heavy atom. The topological polar surface area (TPSA) is 37.0 Å². The van der Waals surface area contributed by atoms with Crippen LogP contribution in [0.15, 0.2) is 42.5 Å². The third-order valence-corrected chi connectivity index (χ3v) is 3.27. The summed E-state index contributed by atoms with van der Waals surface area (Å²) in [6.07, 6.45) is 2.12. The summed E-state index contributed by atoms with van der Waals surface area (Å²) in [6.45, 7) is 6.16. The van der Waals surface area contributed by atoms with Crippen molar-refractivity contribution >= 4 is 11.6 Å². The fourth-order valence-electron chi connectivity index (χ4n) is 2.10. The maximum Gasteiger partial charge on any atom is 0.128 e. The monoisotopic (exact) mass is 269 g/mol. The number of rotatable bonds is 7. The normalized spacial score (nSPS) is 10.3. The van der Waals surface area contributed by atoms with Crippen molar-refractivity contribution < 1.29 is 0 Å². The minimum absolute atomic E-state index is 0.898. The van der Waals surface area contributed by atoms with Crippen LogP contribution in [0.4, 0.5) is 11.6 Å². The molecule has 1 heterocycles. The molecule has 0 saturated heterocycles. The molecule has 1 aromatic carbocycles. The predicted octanol–water partition coefficient (Wildman–Crippen LogP) is 3.87. The van der Waals surface area contributed by atoms with Crippen molar-refractivity contribution in [1.29, 1.82) is 0 Å². The predicted molar refractivity (Wildman–Crippen MR) is 86.4 cm³/mol. The summed E-state index contributed by atoms with van der Waals surface area (Å²) in [6, 6.07) is 14.6. The van der Waals surface area contributed by atoms with Gasteiger partial charge in [-0.3, -0.25) is 0 Å². The van der Waals surface area contributed by atoms with Crippen molar-refractivity contribution in [3.8, 4) is 0 Å². The summed E-state index contributed by atoms with van der Waals surface area (Å²) in [4.78, 5) is 4.54. The van der Waals surface area contributed by atoms with E-state index in [0.717, 1.165) is 37.6 Å². The Kier molecular flexibility index (Phi) is 5.42. The molecule has 0 spiro atoms. The molecule has 0 aliphatic heterocycles. The van der Waals surface area contributed by atoms with E-state index >= 15 is 0 Å². The first-order valence-corrected chi connectivity index (χ1v) is 7.29. The van der Waals surface area contributed by atoms with Gasteiger partial charge in [-0.25, -0.2) is 4.98 Å². The van der Waals surface area contributed by atoms with Gasteiger partial charge in [-0.15, -0.1) is 0 Å². The second-order valence-electron chi connectivity index (χ2n) is 4.94. The molecule has 0 unspecified atom stereocenters. The summed E-state index contributed by atoms with van der Waals surface area (Å²) in [5.41, 5.74) is 2.74. The second kappa shape index (κ2) is 7.53. The molecule has 0 atom stereocenters. The highest BCUT2D eigenvalue weighted by molar-refractivity contribution is 5.45. The molecule has 20 heavy (non-hydrogen) atoms. The standard InChI is InChI=1S/C17H23N3/c1-3-12-18-16-9-6-10-17(20-16)19-13-11-15-8-5-4-7-14(15)2/h4-10H,3,11-13H2,1-2H3,(H2,18,19,20). The fraction of sp³-hybridized carbons (Fsp3) is 0.353. The van der Waals surface area contributed by atoms with Gasteiger partial charge in [0.15, 0.2) is 0 Å². The lowest BCUT2D eigenvalue weighted by Gasteiger charge is -2.09. The van der Waals surface area contributed by atoms with Gasteiger partial charge in [0.25, 0.3) is 0 Å². The van der Waals surface area contributed by atoms with Gasteiger partial charge in [0.05, 0.1) is 0 Å². The maximum absolute atomic E-state index is 4.54. The van der Waals surface area contributed by atoms with Crippen LogP contribution >= 0.6 is 0 Å². The van der Waals surface area contributed by atoms with Crippen LogP contribution in [0.25, 0.3) is 0 Å². The van der Waals surface area contributed by atoms with Gasteiger partial charge in [-0.2, -0.15) is 0 Å². The Balaban J connectivity index is 1.86. The molecular formula is C17H23N3. The Morgan fingerprint density at radius 2 is 1.60 bits per heavy atom. The number of hydrogen-bond acceptors (Lipinski definition) is 3. The summed E-state index contributed by atoms with van der Waals surface area (Å²) >= 11 is 0. The maximum atomic E-state index is 4.54. The van der Waals surface area contributed by atoms with E-state index < -0.39 is 0 Å². The van der Waals surface area contributed by atoms with Crippen molar-refractivity contribution in [3.05, 3.63) is 53.6 Å². The molecule has 2 N–H and O–H groups in total. The smallest absolute Gasteiger partial charge is 0.128 e. The van der Waals surface area contributed by atoms with Crippen molar-refractivity contribution in [1.82, 2.24) is 4.98 Å². The molecule has 2 aromatic rings. The van der Waals surface area contributed by atoms with E-state index in [1.165, 1.54) is 11.1 Å². The quantitative estimate of drug-likeness (QED) is 0.801. The first kappa shape index (κ1) is 14.4. The van der Waals surface area contributed by atoms with Crippen molar-refractivity contribution in [2.45, 2.75) is 26.7 Å². The molecular weight excluding hydrogens is 246 g/mol. The molecule has 0 amide bonds. The first-order chi connectivity index (χ1) is 9.79. The van der Waals surface area contributed by atoms with E-state index in [0.29, 0.717) is 0 Å². The van der Waals surface area contributed by atoms with Gasteiger partial charge in [-0.05, 0) is 43.0 Å². The molecule has 2 rings (SSSR count). The highest BCUT2D eigenvalue weighted by Crippen LogP contribution is 2.11. The van der Waals surface area contributed by atoms with Gasteiger partial charge >= 0.3 is 0 Å². The number of aromatic nitrogens is 1. The van der Waals surface area contributed by atoms with Gasteiger partial charge in [0, 0.05) is 13.1 Å². The van der Waals surface area contributed by atoms with Gasteiger partial charge < -0.3 is 10.6 Å². The van der Waals surface area contributed by atoms with Crippen LogP contribution in [-0.2, 0) is 6.42 Å². The minimum Gasteiger partial charge on any atom is -0.370 e. The van der Waals surface area contributed by atoms with Gasteiger partial charge in [-0.1, -0.05) is 37.3 Å². The van der Waals surface area contributed by atoms with E-state index in [1.807, 2.05) is 18.2 Å². The van der Waals surface area contributed by atoms with E-state index in [2.05, 4.69) is 53.7 Å². The molecule has 3 nitrogen and oxygen atoms in total. The fourth-order valence-corrected chi connectivity index (χ4v) is 2.10. The molecule has 1 aromatic heterocycles. The van der Waals surface area contributed by atoms with Crippen LogP contribution < -0.4 is 10.6 Å². The van der Waals surface area contributed by atoms with E-state index in [9.17, 15) is 0 Å². The Hall–Kier alpha value is -2.03. The van der Waals surface area contributed by atoms with E-state index in [-0.39, 0.29) is 0 Å². The van der Waals surface area contributed by atoms with E-state index in [4.69, 9.17) is 0 Å². The molecule has 0 radical (unpaired) electrons. The average molecular weight is 269 g/mol. The molecule has 0 bridgehead atoms. The molecule has 3 heteroatoms. The highest BCUT2D eigenvalue weighted by atomic mass is 15.1. The number of pyridine rings is 1. The minimum atomic E-state index is 0.898. The van der Waals surface area contributed by atoms with Crippen LogP contribution in [0.5, 0.6) is 0 Å². The number of nitrogens with zero attached hydrogens (tertiary/aromatic N) is 1. The van der Waals surface area contributed by atoms with Crippen LogP contribution in [0.1, 0.15) is 24.5 Å². The largest absolute Gasteiger partial charge is 0.370 e. The lowest BCUT2D eigenvalue weighted by molar-refractivity contribution is 0.963. The second-order valence-corrected chi connectivity index (χ2v) is 4.94. The SMILES string of the molecule is CCCNc1cccc(NCCc2ccccc2C)n1. The molecule has 0 fully saturated rings. The van der Waals surface area contributed by atoms with Gasteiger partial charge in [0.2, 0.25) is 0 Å². The summed E-state index contributed by atoms with van der Waals surface area (Å²) in [5, 5.41) is 6.69. The number of aryl methyl sites for hydroxylation is 1. The molecule has 0 aliphatic carbocycles. The van der Waals surface area contributed by atoms with Gasteiger partial charge in [0.1, 0.15) is 11.6 Å². The van der Waals surface area contributed by atoms with E-state index in [1.54, 1.807) is 0 Å². The number of nitrogens with one attached hydrogen (secondary N) is 2. The van der Waals surface area contributed by atoms with Crippen molar-refractivity contribution in [2.24, 2.45) is 0 Å².